The van der Waals surface area contributed by atoms with Gasteiger partial charge in [-0.2, -0.15) is 0 Å². The van der Waals surface area contributed by atoms with Crippen molar-refractivity contribution < 1.29 is 25.2 Å². The van der Waals surface area contributed by atoms with Gasteiger partial charge in [0.25, 0.3) is 0 Å². The minimum atomic E-state index is -1.44. The van der Waals surface area contributed by atoms with Crippen molar-refractivity contribution in [3.05, 3.63) is 0 Å². The first-order valence-corrected chi connectivity index (χ1v) is 3.38. The summed E-state index contributed by atoms with van der Waals surface area (Å²) in [5.41, 5.74) is -1.44. The Hall–Kier alpha value is -0.690. The van der Waals surface area contributed by atoms with Gasteiger partial charge >= 0.3 is 0 Å². The van der Waals surface area contributed by atoms with E-state index in [9.17, 15) is 4.79 Å². The number of aliphatic hydroxyl groups excluding tert-OH is 4. The van der Waals surface area contributed by atoms with Crippen molar-refractivity contribution in [2.24, 2.45) is 0 Å². The van der Waals surface area contributed by atoms with Crippen molar-refractivity contribution in [2.75, 3.05) is 26.4 Å². The average molecular weight is 179 g/mol. The summed E-state index contributed by atoms with van der Waals surface area (Å²) in [5.74, 6) is -0.757. The van der Waals surface area contributed by atoms with E-state index in [1.165, 1.54) is 0 Å². The van der Waals surface area contributed by atoms with Crippen LogP contribution in [0, 0.1) is 0 Å². The maximum atomic E-state index is 10.6. The van der Waals surface area contributed by atoms with E-state index >= 15 is 0 Å². The molecule has 0 rings (SSSR count). The van der Waals surface area contributed by atoms with Crippen LogP contribution in [0.4, 0.5) is 0 Å². The van der Waals surface area contributed by atoms with E-state index in [1.54, 1.807) is 0 Å². The highest BCUT2D eigenvalue weighted by Crippen LogP contribution is 2.00. The van der Waals surface area contributed by atoms with E-state index < -0.39 is 37.9 Å². The fourth-order valence-corrected chi connectivity index (χ4v) is 0.604. The van der Waals surface area contributed by atoms with Gasteiger partial charge in [0.1, 0.15) is 12.1 Å². The zero-order valence-electron chi connectivity index (χ0n) is 6.53. The largest absolute Gasteiger partial charge is 0.394 e. The first-order chi connectivity index (χ1) is 5.64. The molecule has 6 heteroatoms. The van der Waals surface area contributed by atoms with Crippen molar-refractivity contribution in [3.63, 3.8) is 0 Å². The summed E-state index contributed by atoms with van der Waals surface area (Å²) >= 11 is 0. The Kier molecular flexibility index (Phi) is 4.75. The van der Waals surface area contributed by atoms with Crippen LogP contribution in [0.1, 0.15) is 0 Å². The molecule has 0 aromatic rings. The number of hydrogen-bond donors (Lipinski definition) is 5. The van der Waals surface area contributed by atoms with Crippen LogP contribution in [-0.4, -0.2) is 58.3 Å². The van der Waals surface area contributed by atoms with Crippen molar-refractivity contribution in [2.45, 2.75) is 5.54 Å². The molecule has 0 saturated heterocycles. The lowest BCUT2D eigenvalue weighted by molar-refractivity contribution is -0.128. The van der Waals surface area contributed by atoms with Gasteiger partial charge in [-0.15, -0.1) is 0 Å². The van der Waals surface area contributed by atoms with Gasteiger partial charge in [-0.3, -0.25) is 4.79 Å². The third kappa shape index (κ3) is 2.74. The van der Waals surface area contributed by atoms with Crippen LogP contribution in [0.3, 0.4) is 0 Å². The molecular formula is C6H13NO5. The van der Waals surface area contributed by atoms with Crippen molar-refractivity contribution in [3.8, 4) is 0 Å². The summed E-state index contributed by atoms with van der Waals surface area (Å²) in [6.07, 6.45) is 0. The van der Waals surface area contributed by atoms with E-state index in [1.807, 2.05) is 0 Å². The summed E-state index contributed by atoms with van der Waals surface area (Å²) in [7, 11) is 0. The molecule has 0 spiro atoms. The lowest BCUT2D eigenvalue weighted by Crippen LogP contribution is -2.57. The van der Waals surface area contributed by atoms with Gasteiger partial charge in [-0.25, -0.2) is 0 Å². The summed E-state index contributed by atoms with van der Waals surface area (Å²) in [4.78, 5) is 10.6. The molecule has 0 bridgehead atoms. The number of nitrogens with one attached hydrogen (secondary N) is 1. The molecule has 0 aliphatic heterocycles. The number of aliphatic hydroxyl groups is 4. The third-order valence-electron chi connectivity index (χ3n) is 1.46. The second kappa shape index (κ2) is 5.04. The van der Waals surface area contributed by atoms with Crippen LogP contribution < -0.4 is 5.32 Å². The number of rotatable bonds is 5. The zero-order chi connectivity index (χ0) is 9.61. The second-order valence-corrected chi connectivity index (χ2v) is 2.46. The maximum absolute atomic E-state index is 10.6. The van der Waals surface area contributed by atoms with E-state index in [0.29, 0.717) is 0 Å². The third-order valence-corrected chi connectivity index (χ3v) is 1.46. The van der Waals surface area contributed by atoms with Gasteiger partial charge in [0.15, 0.2) is 0 Å². The van der Waals surface area contributed by atoms with Crippen molar-refractivity contribution in [1.82, 2.24) is 5.32 Å². The van der Waals surface area contributed by atoms with Crippen LogP contribution in [0.5, 0.6) is 0 Å². The molecule has 0 aromatic carbocycles. The quantitative estimate of drug-likeness (QED) is 0.305. The minimum absolute atomic E-state index is 0.592. The topological polar surface area (TPSA) is 110 Å². The van der Waals surface area contributed by atoms with Gasteiger partial charge in [0, 0.05) is 0 Å². The number of carbonyl (C=O) groups is 1. The highest BCUT2D eigenvalue weighted by molar-refractivity contribution is 5.77. The number of hydrogen-bond acceptors (Lipinski definition) is 5. The monoisotopic (exact) mass is 179 g/mol. The molecule has 12 heavy (non-hydrogen) atoms. The summed E-state index contributed by atoms with van der Waals surface area (Å²) in [5, 5.41) is 36.5. The van der Waals surface area contributed by atoms with Gasteiger partial charge in [-0.1, -0.05) is 0 Å². The van der Waals surface area contributed by atoms with Crippen LogP contribution >= 0.6 is 0 Å². The molecule has 0 unspecified atom stereocenters. The van der Waals surface area contributed by atoms with Gasteiger partial charge < -0.3 is 25.7 Å². The van der Waals surface area contributed by atoms with E-state index in [4.69, 9.17) is 20.4 Å². The van der Waals surface area contributed by atoms with Crippen molar-refractivity contribution >= 4 is 5.91 Å². The molecular weight excluding hydrogens is 166 g/mol. The Morgan fingerprint density at radius 1 is 1.08 bits per heavy atom. The molecule has 72 valence electrons. The second-order valence-electron chi connectivity index (χ2n) is 2.46. The Labute approximate surface area is 69.5 Å². The lowest BCUT2D eigenvalue weighted by atomic mass is 10.0. The normalized spacial score (nSPS) is 11.3. The predicted molar refractivity (Wildman–Crippen MR) is 39.2 cm³/mol. The molecule has 0 aliphatic carbocycles. The molecule has 0 saturated carbocycles. The van der Waals surface area contributed by atoms with Crippen LogP contribution in [0.15, 0.2) is 0 Å². The molecule has 0 aliphatic rings. The lowest BCUT2D eigenvalue weighted by Gasteiger charge is -2.28. The standard InChI is InChI=1S/C6H13NO5/c8-1-5(12)7-6(2-9,3-10)4-11/h8-11H,1-4H2,(H,7,12). The molecule has 5 N–H and O–H groups in total. The van der Waals surface area contributed by atoms with Crippen LogP contribution in [0.25, 0.3) is 0 Å². The fraction of sp³-hybridized carbons (Fsp3) is 0.833. The molecule has 1 amide bonds. The Bertz CT molecular complexity index is 137. The zero-order valence-corrected chi connectivity index (χ0v) is 6.53. The SMILES string of the molecule is O=C(CO)NC(CO)(CO)CO. The maximum Gasteiger partial charge on any atom is 0.246 e. The fourth-order valence-electron chi connectivity index (χ4n) is 0.604. The summed E-state index contributed by atoms with van der Waals surface area (Å²) < 4.78 is 0. The average Bonchev–Trinajstić information content (AvgIpc) is 2.14. The molecule has 0 atom stereocenters. The highest BCUT2D eigenvalue weighted by atomic mass is 16.3. The van der Waals surface area contributed by atoms with Crippen molar-refractivity contribution in [1.29, 1.82) is 0 Å². The number of carbonyl (C=O) groups excluding carboxylic acids is 1. The van der Waals surface area contributed by atoms with Crippen LogP contribution in [-0.2, 0) is 4.79 Å². The Morgan fingerprint density at radius 3 is 1.75 bits per heavy atom. The predicted octanol–water partition coefficient (Wildman–Crippen LogP) is -3.19. The van der Waals surface area contributed by atoms with Gasteiger partial charge in [0.05, 0.1) is 19.8 Å². The Balaban J connectivity index is 4.19. The molecule has 6 nitrogen and oxygen atoms in total. The van der Waals surface area contributed by atoms with Gasteiger partial charge in [-0.05, 0) is 0 Å². The van der Waals surface area contributed by atoms with Crippen LogP contribution in [0.2, 0.25) is 0 Å². The first-order valence-electron chi connectivity index (χ1n) is 3.38. The smallest absolute Gasteiger partial charge is 0.246 e. The van der Waals surface area contributed by atoms with E-state index in [2.05, 4.69) is 5.32 Å². The number of amides is 1. The van der Waals surface area contributed by atoms with Gasteiger partial charge in [0.2, 0.25) is 5.91 Å². The molecule has 0 heterocycles. The first kappa shape index (κ1) is 11.3. The highest BCUT2D eigenvalue weighted by Gasteiger charge is 2.29. The Morgan fingerprint density at radius 2 is 1.50 bits per heavy atom. The van der Waals surface area contributed by atoms with E-state index in [-0.39, 0.29) is 0 Å². The summed E-state index contributed by atoms with van der Waals surface area (Å²) in [6.45, 7) is -2.52. The molecule has 0 fully saturated rings. The summed E-state index contributed by atoms with van der Waals surface area (Å²) in [6, 6.07) is 0. The molecule has 0 radical (unpaired) electrons. The molecule has 0 aromatic heterocycles. The minimum Gasteiger partial charge on any atom is -0.394 e. The van der Waals surface area contributed by atoms with E-state index in [0.717, 1.165) is 0 Å².